The minimum atomic E-state index is -0.717. The van der Waals surface area contributed by atoms with E-state index in [0.717, 1.165) is 17.7 Å². The SMILES string of the molecule is CC(=O)OCOC(=O)C1CCCCC1C(=O)N(C)CC(=O)NO. The van der Waals surface area contributed by atoms with Gasteiger partial charge in [-0.1, -0.05) is 12.8 Å². The quantitative estimate of drug-likeness (QED) is 0.300. The Morgan fingerprint density at radius 3 is 2.30 bits per heavy atom. The van der Waals surface area contributed by atoms with Crippen LogP contribution in [0.15, 0.2) is 0 Å². The van der Waals surface area contributed by atoms with Crippen molar-refractivity contribution in [1.82, 2.24) is 10.4 Å². The zero-order valence-corrected chi connectivity index (χ0v) is 13.2. The highest BCUT2D eigenvalue weighted by molar-refractivity contribution is 5.88. The summed E-state index contributed by atoms with van der Waals surface area (Å²) in [5.41, 5.74) is 1.45. The van der Waals surface area contributed by atoms with Gasteiger partial charge in [-0.15, -0.1) is 0 Å². The summed E-state index contributed by atoms with van der Waals surface area (Å²) in [5, 5.41) is 8.50. The van der Waals surface area contributed by atoms with Crippen LogP contribution in [0, 0.1) is 11.8 Å². The van der Waals surface area contributed by atoms with Crippen LogP contribution in [0.4, 0.5) is 0 Å². The summed E-state index contributed by atoms with van der Waals surface area (Å²) in [7, 11) is 1.42. The molecule has 1 aliphatic rings. The highest BCUT2D eigenvalue weighted by Gasteiger charge is 2.38. The van der Waals surface area contributed by atoms with Gasteiger partial charge >= 0.3 is 11.9 Å². The Labute approximate surface area is 133 Å². The molecule has 2 atom stereocenters. The van der Waals surface area contributed by atoms with E-state index >= 15 is 0 Å². The van der Waals surface area contributed by atoms with Crippen LogP contribution in [0.25, 0.3) is 0 Å². The van der Waals surface area contributed by atoms with Crippen LogP contribution in [-0.4, -0.2) is 54.2 Å². The fraction of sp³-hybridized carbons (Fsp3) is 0.714. The Hall–Kier alpha value is -2.16. The molecule has 1 fully saturated rings. The number of nitrogens with zero attached hydrogens (tertiary/aromatic N) is 1. The van der Waals surface area contributed by atoms with Gasteiger partial charge in [-0.3, -0.25) is 24.4 Å². The summed E-state index contributed by atoms with van der Waals surface area (Å²) in [6.45, 7) is 0.414. The maximum Gasteiger partial charge on any atom is 0.312 e. The maximum atomic E-state index is 12.4. The number of rotatable bonds is 6. The van der Waals surface area contributed by atoms with Crippen LogP contribution in [0.2, 0.25) is 0 Å². The van der Waals surface area contributed by atoms with Crippen molar-refractivity contribution < 1.29 is 33.9 Å². The molecule has 0 radical (unpaired) electrons. The molecule has 0 aliphatic heterocycles. The van der Waals surface area contributed by atoms with Gasteiger partial charge in [-0.2, -0.15) is 0 Å². The zero-order valence-electron chi connectivity index (χ0n) is 13.2. The third-order valence-electron chi connectivity index (χ3n) is 3.73. The molecule has 0 bridgehead atoms. The Bertz CT molecular complexity index is 466. The summed E-state index contributed by atoms with van der Waals surface area (Å²) in [6, 6.07) is 0. The summed E-state index contributed by atoms with van der Waals surface area (Å²) in [5.74, 6) is -3.46. The highest BCUT2D eigenvalue weighted by atomic mass is 16.7. The van der Waals surface area contributed by atoms with E-state index in [2.05, 4.69) is 4.74 Å². The molecular formula is C14H22N2O7. The molecule has 0 aromatic carbocycles. The lowest BCUT2D eigenvalue weighted by Crippen LogP contribution is -2.44. The van der Waals surface area contributed by atoms with E-state index in [1.165, 1.54) is 19.5 Å². The van der Waals surface area contributed by atoms with Crippen molar-refractivity contribution in [2.24, 2.45) is 11.8 Å². The van der Waals surface area contributed by atoms with Crippen molar-refractivity contribution in [3.05, 3.63) is 0 Å². The van der Waals surface area contributed by atoms with Gasteiger partial charge in [0.2, 0.25) is 12.7 Å². The zero-order chi connectivity index (χ0) is 17.4. The summed E-state index contributed by atoms with van der Waals surface area (Å²) >= 11 is 0. The number of hydrogen-bond donors (Lipinski definition) is 2. The monoisotopic (exact) mass is 330 g/mol. The molecule has 2 unspecified atom stereocenters. The molecule has 9 heteroatoms. The topological polar surface area (TPSA) is 122 Å². The van der Waals surface area contributed by atoms with Crippen LogP contribution < -0.4 is 5.48 Å². The predicted octanol–water partition coefficient (Wildman–Crippen LogP) is -0.180. The number of amides is 2. The lowest BCUT2D eigenvalue weighted by molar-refractivity contribution is -0.172. The lowest BCUT2D eigenvalue weighted by atomic mass is 9.78. The van der Waals surface area contributed by atoms with E-state index in [1.54, 1.807) is 0 Å². The van der Waals surface area contributed by atoms with Gasteiger partial charge in [-0.05, 0) is 12.8 Å². The second-order valence-electron chi connectivity index (χ2n) is 5.44. The molecule has 0 aromatic rings. The predicted molar refractivity (Wildman–Crippen MR) is 75.7 cm³/mol. The molecule has 130 valence electrons. The molecule has 2 N–H and O–H groups in total. The van der Waals surface area contributed by atoms with Crippen molar-refractivity contribution in [3.63, 3.8) is 0 Å². The normalized spacial score (nSPS) is 20.3. The first kappa shape index (κ1) is 18.9. The molecule has 9 nitrogen and oxygen atoms in total. The number of carbonyl (C=O) groups excluding carboxylic acids is 4. The molecule has 1 rings (SSSR count). The van der Waals surface area contributed by atoms with E-state index in [-0.39, 0.29) is 12.5 Å². The first-order chi connectivity index (χ1) is 10.9. The van der Waals surface area contributed by atoms with Crippen LogP contribution >= 0.6 is 0 Å². The number of carbonyl (C=O) groups is 4. The van der Waals surface area contributed by atoms with E-state index < -0.39 is 36.5 Å². The van der Waals surface area contributed by atoms with Gasteiger partial charge in [0.1, 0.15) is 6.54 Å². The molecule has 0 aromatic heterocycles. The van der Waals surface area contributed by atoms with E-state index in [1.807, 2.05) is 0 Å². The molecule has 23 heavy (non-hydrogen) atoms. The average Bonchev–Trinajstić information content (AvgIpc) is 2.53. The van der Waals surface area contributed by atoms with Crippen molar-refractivity contribution in [3.8, 4) is 0 Å². The highest BCUT2D eigenvalue weighted by Crippen LogP contribution is 2.32. The van der Waals surface area contributed by atoms with Gasteiger partial charge in [0.25, 0.3) is 5.91 Å². The van der Waals surface area contributed by atoms with Crippen LogP contribution in [0.5, 0.6) is 0 Å². The standard InChI is InChI=1S/C14H22N2O7/c1-9(17)22-8-23-14(20)11-6-4-3-5-10(11)13(19)16(2)7-12(18)15-21/h10-11,21H,3-8H2,1-2H3,(H,15,18). The number of hydrogen-bond acceptors (Lipinski definition) is 7. The maximum absolute atomic E-state index is 12.4. The smallest absolute Gasteiger partial charge is 0.312 e. The summed E-state index contributed by atoms with van der Waals surface area (Å²) in [4.78, 5) is 47.5. The first-order valence-electron chi connectivity index (χ1n) is 7.34. The second-order valence-corrected chi connectivity index (χ2v) is 5.44. The van der Waals surface area contributed by atoms with E-state index in [0.29, 0.717) is 12.8 Å². The summed E-state index contributed by atoms with van der Waals surface area (Å²) in [6.07, 6.45) is 2.59. The second kappa shape index (κ2) is 9.09. The Kier molecular flexibility index (Phi) is 7.46. The van der Waals surface area contributed by atoms with Crippen molar-refractivity contribution >= 4 is 23.8 Å². The summed E-state index contributed by atoms with van der Waals surface area (Å²) < 4.78 is 9.44. The Morgan fingerprint density at radius 2 is 1.74 bits per heavy atom. The lowest BCUT2D eigenvalue weighted by Gasteiger charge is -2.31. The number of hydroxylamine groups is 1. The van der Waals surface area contributed by atoms with Gasteiger partial charge in [0.05, 0.1) is 11.8 Å². The fourth-order valence-corrected chi connectivity index (χ4v) is 2.60. The van der Waals surface area contributed by atoms with Crippen LogP contribution in [-0.2, 0) is 28.7 Å². The van der Waals surface area contributed by atoms with Gasteiger partial charge in [0, 0.05) is 14.0 Å². The van der Waals surface area contributed by atoms with E-state index in [4.69, 9.17) is 9.94 Å². The van der Waals surface area contributed by atoms with Crippen molar-refractivity contribution in [1.29, 1.82) is 0 Å². The van der Waals surface area contributed by atoms with Gasteiger partial charge in [-0.25, -0.2) is 5.48 Å². The number of esters is 2. The van der Waals surface area contributed by atoms with Crippen molar-refractivity contribution in [2.75, 3.05) is 20.4 Å². The van der Waals surface area contributed by atoms with Gasteiger partial charge in [0.15, 0.2) is 0 Å². The molecule has 2 amide bonds. The molecule has 0 heterocycles. The fourth-order valence-electron chi connectivity index (χ4n) is 2.60. The molecule has 1 saturated carbocycles. The van der Waals surface area contributed by atoms with Gasteiger partial charge < -0.3 is 14.4 Å². The van der Waals surface area contributed by atoms with Crippen LogP contribution in [0.3, 0.4) is 0 Å². The molecular weight excluding hydrogens is 308 g/mol. The largest absolute Gasteiger partial charge is 0.428 e. The first-order valence-corrected chi connectivity index (χ1v) is 7.34. The molecule has 1 aliphatic carbocycles. The minimum Gasteiger partial charge on any atom is -0.428 e. The molecule has 0 saturated heterocycles. The third-order valence-corrected chi connectivity index (χ3v) is 3.73. The Balaban J connectivity index is 2.65. The van der Waals surface area contributed by atoms with E-state index in [9.17, 15) is 19.2 Å². The third kappa shape index (κ3) is 5.85. The average molecular weight is 330 g/mol. The minimum absolute atomic E-state index is 0.305. The number of nitrogens with one attached hydrogen (secondary N) is 1. The number of ether oxygens (including phenoxy) is 2. The Morgan fingerprint density at radius 1 is 1.13 bits per heavy atom. The van der Waals surface area contributed by atoms with Crippen LogP contribution in [0.1, 0.15) is 32.6 Å². The van der Waals surface area contributed by atoms with Crippen molar-refractivity contribution in [2.45, 2.75) is 32.6 Å². The molecule has 0 spiro atoms. The number of likely N-dealkylation sites (N-methyl/N-ethyl adjacent to an activating group) is 1.